The summed E-state index contributed by atoms with van der Waals surface area (Å²) >= 11 is 0. The summed E-state index contributed by atoms with van der Waals surface area (Å²) in [5, 5.41) is 2.40. The Hall–Kier alpha value is -2.20. The molecule has 0 unspecified atom stereocenters. The smallest absolute Gasteiger partial charge is 0.148 e. The second kappa shape index (κ2) is 4.72. The molecular weight excluding hydrogens is 250 g/mol. The van der Waals surface area contributed by atoms with E-state index in [1.165, 1.54) is 10.8 Å². The molecule has 2 heterocycles. The van der Waals surface area contributed by atoms with Crippen LogP contribution in [0.15, 0.2) is 42.6 Å². The lowest BCUT2D eigenvalue weighted by Gasteiger charge is -2.27. The molecule has 20 heavy (non-hydrogen) atoms. The number of benzene rings is 2. The molecule has 2 aromatic carbocycles. The third-order valence-corrected chi connectivity index (χ3v) is 3.73. The minimum absolute atomic E-state index is 0.761. The van der Waals surface area contributed by atoms with Crippen LogP contribution in [0.1, 0.15) is 0 Å². The van der Waals surface area contributed by atoms with Crippen LogP contribution in [0.4, 0.5) is 5.82 Å². The van der Waals surface area contributed by atoms with Gasteiger partial charge in [-0.15, -0.1) is 0 Å². The van der Waals surface area contributed by atoms with Crippen LogP contribution in [-0.4, -0.2) is 36.3 Å². The summed E-state index contributed by atoms with van der Waals surface area (Å²) in [4.78, 5) is 11.5. The van der Waals surface area contributed by atoms with Crippen molar-refractivity contribution in [1.82, 2.24) is 9.97 Å². The van der Waals surface area contributed by atoms with Gasteiger partial charge < -0.3 is 9.64 Å². The fraction of sp³-hybridized carbons (Fsp3) is 0.250. The van der Waals surface area contributed by atoms with E-state index in [4.69, 9.17) is 9.72 Å². The van der Waals surface area contributed by atoms with Gasteiger partial charge in [0, 0.05) is 13.1 Å². The molecule has 0 saturated carbocycles. The fourth-order valence-electron chi connectivity index (χ4n) is 2.63. The van der Waals surface area contributed by atoms with E-state index < -0.39 is 0 Å². The maximum absolute atomic E-state index is 5.38. The van der Waals surface area contributed by atoms with Crippen LogP contribution in [0.2, 0.25) is 0 Å². The molecule has 0 spiro atoms. The zero-order valence-electron chi connectivity index (χ0n) is 11.1. The van der Waals surface area contributed by atoms with E-state index in [9.17, 15) is 0 Å². The second-order valence-electron chi connectivity index (χ2n) is 5.02. The Morgan fingerprint density at radius 3 is 2.40 bits per heavy atom. The maximum Gasteiger partial charge on any atom is 0.148 e. The highest BCUT2D eigenvalue weighted by Crippen LogP contribution is 2.22. The summed E-state index contributed by atoms with van der Waals surface area (Å²) in [5.41, 5.74) is 1.90. The molecule has 0 atom stereocenters. The fourth-order valence-corrected chi connectivity index (χ4v) is 2.63. The van der Waals surface area contributed by atoms with Gasteiger partial charge in [-0.25, -0.2) is 4.98 Å². The van der Waals surface area contributed by atoms with Crippen LogP contribution in [0.25, 0.3) is 21.8 Å². The number of ether oxygens (including phenoxy) is 1. The van der Waals surface area contributed by atoms with Gasteiger partial charge in [0.05, 0.1) is 30.4 Å². The van der Waals surface area contributed by atoms with Crippen LogP contribution in [-0.2, 0) is 4.74 Å². The molecule has 1 fully saturated rings. The lowest BCUT2D eigenvalue weighted by molar-refractivity contribution is 0.122. The highest BCUT2D eigenvalue weighted by Gasteiger charge is 2.13. The number of anilines is 1. The molecule has 100 valence electrons. The lowest BCUT2D eigenvalue weighted by atomic mass is 10.1. The van der Waals surface area contributed by atoms with Gasteiger partial charge in [-0.3, -0.25) is 4.98 Å². The second-order valence-corrected chi connectivity index (χ2v) is 5.02. The summed E-state index contributed by atoms with van der Waals surface area (Å²) in [7, 11) is 0. The molecule has 4 heteroatoms. The third kappa shape index (κ3) is 1.98. The average Bonchev–Trinajstić information content (AvgIpc) is 2.53. The van der Waals surface area contributed by atoms with Gasteiger partial charge >= 0.3 is 0 Å². The summed E-state index contributed by atoms with van der Waals surface area (Å²) in [6.45, 7) is 3.29. The number of nitrogens with zero attached hydrogens (tertiary/aromatic N) is 3. The van der Waals surface area contributed by atoms with Gasteiger partial charge in [0.25, 0.3) is 0 Å². The van der Waals surface area contributed by atoms with E-state index >= 15 is 0 Å². The van der Waals surface area contributed by atoms with Crippen LogP contribution in [0.5, 0.6) is 0 Å². The third-order valence-electron chi connectivity index (χ3n) is 3.73. The first-order valence-electron chi connectivity index (χ1n) is 6.88. The van der Waals surface area contributed by atoms with Crippen molar-refractivity contribution in [3.63, 3.8) is 0 Å². The van der Waals surface area contributed by atoms with E-state index in [0.29, 0.717) is 0 Å². The van der Waals surface area contributed by atoms with Crippen molar-refractivity contribution in [3.05, 3.63) is 42.6 Å². The molecule has 0 radical (unpaired) electrons. The van der Waals surface area contributed by atoms with Gasteiger partial charge in [0.1, 0.15) is 5.82 Å². The van der Waals surface area contributed by atoms with E-state index in [2.05, 4.69) is 34.1 Å². The van der Waals surface area contributed by atoms with E-state index in [0.717, 1.165) is 43.2 Å². The van der Waals surface area contributed by atoms with Crippen LogP contribution >= 0.6 is 0 Å². The van der Waals surface area contributed by atoms with E-state index in [1.807, 2.05) is 18.3 Å². The molecule has 1 aliphatic rings. The van der Waals surface area contributed by atoms with Crippen molar-refractivity contribution in [2.75, 3.05) is 31.2 Å². The molecular formula is C16H15N3O. The minimum Gasteiger partial charge on any atom is -0.378 e. The van der Waals surface area contributed by atoms with Gasteiger partial charge in [-0.2, -0.15) is 0 Å². The topological polar surface area (TPSA) is 38.2 Å². The van der Waals surface area contributed by atoms with Gasteiger partial charge in [-0.05, 0) is 22.9 Å². The quantitative estimate of drug-likeness (QED) is 0.634. The highest BCUT2D eigenvalue weighted by molar-refractivity contribution is 5.95. The molecule has 0 bridgehead atoms. The first-order valence-corrected chi connectivity index (χ1v) is 6.88. The Morgan fingerprint density at radius 2 is 1.65 bits per heavy atom. The molecule has 4 rings (SSSR count). The van der Waals surface area contributed by atoms with Gasteiger partial charge in [0.2, 0.25) is 0 Å². The summed E-state index contributed by atoms with van der Waals surface area (Å²) in [6, 6.07) is 12.5. The first-order chi connectivity index (χ1) is 9.90. The lowest BCUT2D eigenvalue weighted by Crippen LogP contribution is -2.36. The molecule has 0 aliphatic carbocycles. The maximum atomic E-state index is 5.38. The Labute approximate surface area is 117 Å². The molecule has 0 N–H and O–H groups in total. The Balaban J connectivity index is 1.83. The standard InChI is InChI=1S/C16H15N3O/c1-2-4-13-10-15-14(9-12(13)3-1)17-11-16(18-15)19-5-7-20-8-6-19/h1-4,9-11H,5-8H2. The Morgan fingerprint density at radius 1 is 0.950 bits per heavy atom. The van der Waals surface area contributed by atoms with Crippen molar-refractivity contribution in [1.29, 1.82) is 0 Å². The highest BCUT2D eigenvalue weighted by atomic mass is 16.5. The molecule has 4 nitrogen and oxygen atoms in total. The predicted molar refractivity (Wildman–Crippen MR) is 80.1 cm³/mol. The SMILES string of the molecule is c1ccc2cc3nc(N4CCOCC4)cnc3cc2c1. The van der Waals surface area contributed by atoms with Crippen molar-refractivity contribution in [2.45, 2.75) is 0 Å². The summed E-state index contributed by atoms with van der Waals surface area (Å²) in [5.74, 6) is 0.941. The van der Waals surface area contributed by atoms with Gasteiger partial charge in [-0.1, -0.05) is 24.3 Å². The van der Waals surface area contributed by atoms with Gasteiger partial charge in [0.15, 0.2) is 0 Å². The molecule has 1 saturated heterocycles. The normalized spacial score (nSPS) is 15.9. The number of aromatic nitrogens is 2. The van der Waals surface area contributed by atoms with Crippen molar-refractivity contribution < 1.29 is 4.74 Å². The van der Waals surface area contributed by atoms with E-state index in [1.54, 1.807) is 0 Å². The van der Waals surface area contributed by atoms with Crippen LogP contribution in [0, 0.1) is 0 Å². The van der Waals surface area contributed by atoms with Crippen molar-refractivity contribution in [3.8, 4) is 0 Å². The average molecular weight is 265 g/mol. The summed E-state index contributed by atoms with van der Waals surface area (Å²) in [6.07, 6.45) is 1.86. The number of hydrogen-bond acceptors (Lipinski definition) is 4. The molecule has 1 aromatic heterocycles. The van der Waals surface area contributed by atoms with Crippen molar-refractivity contribution >= 4 is 27.6 Å². The number of morpholine rings is 1. The first kappa shape index (κ1) is 11.6. The van der Waals surface area contributed by atoms with Crippen molar-refractivity contribution in [2.24, 2.45) is 0 Å². The number of rotatable bonds is 1. The zero-order valence-corrected chi connectivity index (χ0v) is 11.1. The molecule has 1 aliphatic heterocycles. The van der Waals surface area contributed by atoms with E-state index in [-0.39, 0.29) is 0 Å². The summed E-state index contributed by atoms with van der Waals surface area (Å²) < 4.78 is 5.38. The molecule has 3 aromatic rings. The number of hydrogen-bond donors (Lipinski definition) is 0. The monoisotopic (exact) mass is 265 g/mol. The minimum atomic E-state index is 0.761. The zero-order chi connectivity index (χ0) is 13.4. The largest absolute Gasteiger partial charge is 0.378 e. The predicted octanol–water partition coefficient (Wildman–Crippen LogP) is 2.62. The van der Waals surface area contributed by atoms with Crippen LogP contribution in [0.3, 0.4) is 0 Å². The number of fused-ring (bicyclic) bond motifs is 2. The Bertz CT molecular complexity index is 766. The Kier molecular flexibility index (Phi) is 2.74. The molecule has 0 amide bonds. The van der Waals surface area contributed by atoms with Crippen LogP contribution < -0.4 is 4.90 Å².